The van der Waals surface area contributed by atoms with Gasteiger partial charge in [0.25, 0.3) is 0 Å². The van der Waals surface area contributed by atoms with Crippen LogP contribution in [0.15, 0.2) is 60.8 Å². The number of para-hydroxylation sites is 1. The van der Waals surface area contributed by atoms with Crippen LogP contribution in [0, 0.1) is 6.92 Å². The smallest absolute Gasteiger partial charge is 0.457 e. The van der Waals surface area contributed by atoms with Crippen molar-refractivity contribution < 1.29 is 27.4 Å². The molecule has 0 atom stereocenters. The van der Waals surface area contributed by atoms with Crippen molar-refractivity contribution in [1.82, 2.24) is 4.98 Å². The van der Waals surface area contributed by atoms with Gasteiger partial charge < -0.3 is 14.5 Å². The quantitative estimate of drug-likeness (QED) is 0.620. The molecular formula is C20H16F3NO3. The molecule has 0 fully saturated rings. The fraction of sp³-hybridized carbons (Fsp3) is 0.150. The van der Waals surface area contributed by atoms with E-state index in [9.17, 15) is 18.0 Å². The Kier molecular flexibility index (Phi) is 5.21. The number of rotatable bonds is 5. The fourth-order valence-electron chi connectivity index (χ4n) is 2.70. The molecule has 27 heavy (non-hydrogen) atoms. The van der Waals surface area contributed by atoms with E-state index in [1.165, 1.54) is 24.4 Å². The highest BCUT2D eigenvalue weighted by atomic mass is 19.4. The number of esters is 1. The molecular weight excluding hydrogens is 359 g/mol. The molecule has 140 valence electrons. The topological polar surface area (TPSA) is 51.3 Å². The number of hydrogen-bond acceptors (Lipinski definition) is 3. The first-order chi connectivity index (χ1) is 12.8. The predicted molar refractivity (Wildman–Crippen MR) is 93.2 cm³/mol. The van der Waals surface area contributed by atoms with E-state index in [4.69, 9.17) is 4.74 Å². The second-order valence-corrected chi connectivity index (χ2v) is 5.81. The molecule has 0 aliphatic heterocycles. The van der Waals surface area contributed by atoms with Gasteiger partial charge in [-0.15, -0.1) is 13.2 Å². The fourth-order valence-corrected chi connectivity index (χ4v) is 2.70. The second kappa shape index (κ2) is 7.57. The largest absolute Gasteiger partial charge is 0.573 e. The predicted octanol–water partition coefficient (Wildman–Crippen LogP) is 5.25. The minimum absolute atomic E-state index is 0.0600. The summed E-state index contributed by atoms with van der Waals surface area (Å²) in [5, 5.41) is 0. The summed E-state index contributed by atoms with van der Waals surface area (Å²) in [6.45, 7) is 1.71. The molecule has 0 spiro atoms. The van der Waals surface area contributed by atoms with Gasteiger partial charge in [-0.3, -0.25) is 0 Å². The van der Waals surface area contributed by atoms with E-state index in [1.54, 1.807) is 13.0 Å². The molecule has 1 heterocycles. The molecule has 7 heteroatoms. The average Bonchev–Trinajstić information content (AvgIpc) is 3.01. The molecule has 3 aromatic rings. The molecule has 0 bridgehead atoms. The van der Waals surface area contributed by atoms with E-state index in [0.29, 0.717) is 5.69 Å². The van der Waals surface area contributed by atoms with Crippen molar-refractivity contribution in [2.45, 2.75) is 19.9 Å². The van der Waals surface area contributed by atoms with E-state index >= 15 is 0 Å². The van der Waals surface area contributed by atoms with Gasteiger partial charge >= 0.3 is 12.3 Å². The Morgan fingerprint density at radius 1 is 1.00 bits per heavy atom. The van der Waals surface area contributed by atoms with Crippen LogP contribution in [-0.2, 0) is 11.3 Å². The molecule has 0 saturated carbocycles. The number of aromatic nitrogens is 1. The lowest BCUT2D eigenvalue weighted by molar-refractivity contribution is -0.274. The number of halogens is 3. The third-order valence-electron chi connectivity index (χ3n) is 3.90. The Labute approximate surface area is 153 Å². The first-order valence-electron chi connectivity index (χ1n) is 8.09. The molecule has 1 aromatic heterocycles. The van der Waals surface area contributed by atoms with E-state index in [-0.39, 0.29) is 29.0 Å². The van der Waals surface area contributed by atoms with Gasteiger partial charge in [0.05, 0.1) is 5.56 Å². The Hall–Kier alpha value is -3.22. The number of benzene rings is 2. The van der Waals surface area contributed by atoms with E-state index in [2.05, 4.69) is 9.72 Å². The third-order valence-corrected chi connectivity index (χ3v) is 3.90. The van der Waals surface area contributed by atoms with E-state index < -0.39 is 12.3 Å². The number of ether oxygens (including phenoxy) is 2. The maximum absolute atomic E-state index is 12.7. The van der Waals surface area contributed by atoms with Crippen LogP contribution in [0.3, 0.4) is 0 Å². The molecule has 3 rings (SSSR count). The first-order valence-corrected chi connectivity index (χ1v) is 8.09. The van der Waals surface area contributed by atoms with Crippen molar-refractivity contribution in [3.8, 4) is 16.9 Å². The van der Waals surface area contributed by atoms with Crippen LogP contribution < -0.4 is 4.74 Å². The maximum Gasteiger partial charge on any atom is 0.573 e. The monoisotopic (exact) mass is 375 g/mol. The number of nitrogens with one attached hydrogen (secondary N) is 1. The normalized spacial score (nSPS) is 11.3. The molecule has 0 aliphatic rings. The lowest BCUT2D eigenvalue weighted by atomic mass is 10.0. The second-order valence-electron chi connectivity index (χ2n) is 5.81. The molecule has 1 N–H and O–H groups in total. The third kappa shape index (κ3) is 4.49. The highest BCUT2D eigenvalue weighted by molar-refractivity contribution is 5.99. The molecule has 0 amide bonds. The number of alkyl halides is 3. The highest BCUT2D eigenvalue weighted by Crippen LogP contribution is 2.36. The van der Waals surface area contributed by atoms with Crippen molar-refractivity contribution in [3.63, 3.8) is 0 Å². The number of carbonyl (C=O) groups excluding carboxylic acids is 1. The summed E-state index contributed by atoms with van der Waals surface area (Å²) in [6, 6.07) is 14.8. The van der Waals surface area contributed by atoms with Gasteiger partial charge in [0.1, 0.15) is 12.4 Å². The van der Waals surface area contributed by atoms with Crippen molar-refractivity contribution in [2.24, 2.45) is 0 Å². The van der Waals surface area contributed by atoms with Crippen LogP contribution in [0.4, 0.5) is 13.2 Å². The zero-order valence-corrected chi connectivity index (χ0v) is 14.3. The standard InChI is InChI=1S/C20H16F3NO3/c1-13-18(19(25)26-12-14-7-3-2-4-8-14)16(11-24-13)15-9-5-6-10-17(15)27-20(21,22)23/h2-11,24H,12H2,1H3. The zero-order chi connectivity index (χ0) is 19.4. The molecule has 4 nitrogen and oxygen atoms in total. The van der Waals surface area contributed by atoms with Gasteiger partial charge in [0.15, 0.2) is 0 Å². The van der Waals surface area contributed by atoms with Crippen LogP contribution in [0.2, 0.25) is 0 Å². The Bertz CT molecular complexity index is 933. The Balaban J connectivity index is 1.90. The summed E-state index contributed by atoms with van der Waals surface area (Å²) >= 11 is 0. The van der Waals surface area contributed by atoms with Crippen LogP contribution in [-0.4, -0.2) is 17.3 Å². The number of H-pyrrole nitrogens is 1. The van der Waals surface area contributed by atoms with Crippen molar-refractivity contribution in [3.05, 3.63) is 77.6 Å². The molecule has 0 unspecified atom stereocenters. The van der Waals surface area contributed by atoms with Gasteiger partial charge in [-0.2, -0.15) is 0 Å². The molecule has 2 aromatic carbocycles. The van der Waals surface area contributed by atoms with Gasteiger partial charge in [0, 0.05) is 23.0 Å². The van der Waals surface area contributed by atoms with Crippen LogP contribution in [0.1, 0.15) is 21.6 Å². The van der Waals surface area contributed by atoms with Crippen LogP contribution in [0.25, 0.3) is 11.1 Å². The summed E-state index contributed by atoms with van der Waals surface area (Å²) in [5.41, 5.74) is 1.90. The Morgan fingerprint density at radius 3 is 2.37 bits per heavy atom. The highest BCUT2D eigenvalue weighted by Gasteiger charge is 2.33. The lowest BCUT2D eigenvalue weighted by Gasteiger charge is -2.13. The summed E-state index contributed by atoms with van der Waals surface area (Å²) in [5.74, 6) is -1.02. The van der Waals surface area contributed by atoms with E-state index in [1.807, 2.05) is 30.3 Å². The van der Waals surface area contributed by atoms with Gasteiger partial charge in [-0.05, 0) is 18.6 Å². The summed E-state index contributed by atoms with van der Waals surface area (Å²) in [7, 11) is 0. The first kappa shape index (κ1) is 18.6. The Morgan fingerprint density at radius 2 is 1.67 bits per heavy atom. The number of aromatic amines is 1. The van der Waals surface area contributed by atoms with Crippen molar-refractivity contribution in [2.75, 3.05) is 0 Å². The molecule has 0 saturated heterocycles. The number of hydrogen-bond donors (Lipinski definition) is 1. The summed E-state index contributed by atoms with van der Waals surface area (Å²) < 4.78 is 47.5. The van der Waals surface area contributed by atoms with Gasteiger partial charge in [0.2, 0.25) is 0 Å². The van der Waals surface area contributed by atoms with Gasteiger partial charge in [-0.1, -0.05) is 48.5 Å². The van der Waals surface area contributed by atoms with Crippen molar-refractivity contribution >= 4 is 5.97 Å². The van der Waals surface area contributed by atoms with Crippen LogP contribution in [0.5, 0.6) is 5.75 Å². The number of aryl methyl sites for hydroxylation is 1. The minimum Gasteiger partial charge on any atom is -0.457 e. The van der Waals surface area contributed by atoms with Crippen molar-refractivity contribution in [1.29, 1.82) is 0 Å². The average molecular weight is 375 g/mol. The van der Waals surface area contributed by atoms with Gasteiger partial charge in [-0.25, -0.2) is 4.79 Å². The molecule has 0 radical (unpaired) electrons. The summed E-state index contributed by atoms with van der Waals surface area (Å²) in [6.07, 6.45) is -3.37. The zero-order valence-electron chi connectivity index (χ0n) is 14.3. The number of carbonyl (C=O) groups is 1. The SMILES string of the molecule is Cc1[nH]cc(-c2ccccc2OC(F)(F)F)c1C(=O)OCc1ccccc1. The van der Waals surface area contributed by atoms with E-state index in [0.717, 1.165) is 5.56 Å². The summed E-state index contributed by atoms with van der Waals surface area (Å²) in [4.78, 5) is 15.5. The maximum atomic E-state index is 12.7. The molecule has 0 aliphatic carbocycles. The van der Waals surface area contributed by atoms with Crippen LogP contribution >= 0.6 is 0 Å². The lowest BCUT2D eigenvalue weighted by Crippen LogP contribution is -2.17. The minimum atomic E-state index is -4.84.